The molecular formula is C12H17BrN2. The van der Waals surface area contributed by atoms with Crippen molar-refractivity contribution in [2.75, 3.05) is 18.0 Å². The highest BCUT2D eigenvalue weighted by Crippen LogP contribution is 2.33. The summed E-state index contributed by atoms with van der Waals surface area (Å²) in [7, 11) is 0. The van der Waals surface area contributed by atoms with Gasteiger partial charge < -0.3 is 4.90 Å². The number of hydrogen-bond donors (Lipinski definition) is 0. The predicted octanol–water partition coefficient (Wildman–Crippen LogP) is 3.21. The highest BCUT2D eigenvalue weighted by atomic mass is 79.9. The van der Waals surface area contributed by atoms with E-state index in [0.717, 1.165) is 24.2 Å². The van der Waals surface area contributed by atoms with Crippen LogP contribution in [0, 0.1) is 5.41 Å². The highest BCUT2D eigenvalue weighted by Gasteiger charge is 2.30. The number of pyridine rings is 1. The second-order valence-corrected chi connectivity index (χ2v) is 5.52. The van der Waals surface area contributed by atoms with Gasteiger partial charge in [0.25, 0.3) is 0 Å². The molecule has 15 heavy (non-hydrogen) atoms. The van der Waals surface area contributed by atoms with Crippen molar-refractivity contribution in [3.8, 4) is 0 Å². The molecule has 0 saturated carbocycles. The summed E-state index contributed by atoms with van der Waals surface area (Å²) in [4.78, 5) is 6.89. The van der Waals surface area contributed by atoms with Crippen LogP contribution in [-0.4, -0.2) is 18.1 Å². The van der Waals surface area contributed by atoms with Gasteiger partial charge in [0.15, 0.2) is 0 Å². The predicted molar refractivity (Wildman–Crippen MR) is 67.5 cm³/mol. The van der Waals surface area contributed by atoms with Crippen LogP contribution in [0.4, 0.5) is 5.82 Å². The first-order valence-electron chi connectivity index (χ1n) is 5.37. The Morgan fingerprint density at radius 3 is 2.93 bits per heavy atom. The Labute approximate surface area is 99.8 Å². The first-order chi connectivity index (χ1) is 7.12. The molecular weight excluding hydrogens is 252 g/mol. The Morgan fingerprint density at radius 2 is 2.33 bits per heavy atom. The van der Waals surface area contributed by atoms with Gasteiger partial charge in [0.2, 0.25) is 0 Å². The topological polar surface area (TPSA) is 16.1 Å². The summed E-state index contributed by atoms with van der Waals surface area (Å²) >= 11 is 3.52. The van der Waals surface area contributed by atoms with E-state index in [1.54, 1.807) is 0 Å². The lowest BCUT2D eigenvalue weighted by molar-refractivity contribution is 0.418. The molecule has 0 N–H and O–H groups in total. The Hall–Kier alpha value is -0.570. The van der Waals surface area contributed by atoms with Crippen molar-refractivity contribution in [1.82, 2.24) is 4.98 Å². The minimum Gasteiger partial charge on any atom is -0.356 e. The Balaban J connectivity index is 2.23. The Bertz CT molecular complexity index is 349. The number of hydrogen-bond acceptors (Lipinski definition) is 2. The molecule has 1 fully saturated rings. The monoisotopic (exact) mass is 268 g/mol. The lowest BCUT2D eigenvalue weighted by Crippen LogP contribution is -2.24. The van der Waals surface area contributed by atoms with Gasteiger partial charge in [-0.2, -0.15) is 0 Å². The van der Waals surface area contributed by atoms with Gasteiger partial charge in [-0.1, -0.05) is 35.8 Å². The van der Waals surface area contributed by atoms with Crippen molar-refractivity contribution < 1.29 is 0 Å². The molecule has 0 unspecified atom stereocenters. The number of nitrogens with zero attached hydrogens (tertiary/aromatic N) is 2. The summed E-state index contributed by atoms with van der Waals surface area (Å²) in [5.74, 6) is 1.15. The first-order valence-corrected chi connectivity index (χ1v) is 6.49. The molecule has 2 heterocycles. The van der Waals surface area contributed by atoms with Crippen LogP contribution < -0.4 is 4.90 Å². The van der Waals surface area contributed by atoms with Crippen molar-refractivity contribution in [3.63, 3.8) is 0 Å². The molecule has 0 bridgehead atoms. The first kappa shape index (κ1) is 10.9. The average Bonchev–Trinajstić information content (AvgIpc) is 2.59. The normalized spacial score (nSPS) is 19.5. The summed E-state index contributed by atoms with van der Waals surface area (Å²) in [5, 5.41) is 0.882. The lowest BCUT2D eigenvalue weighted by atomic mass is 9.93. The summed E-state index contributed by atoms with van der Waals surface area (Å²) in [6, 6.07) is 4.14. The van der Waals surface area contributed by atoms with Crippen LogP contribution in [0.1, 0.15) is 25.8 Å². The Kier molecular flexibility index (Phi) is 3.01. The van der Waals surface area contributed by atoms with Crippen LogP contribution in [0.3, 0.4) is 0 Å². The number of rotatable bonds is 2. The minimum atomic E-state index is 0.432. The van der Waals surface area contributed by atoms with Crippen LogP contribution in [0.25, 0.3) is 0 Å². The van der Waals surface area contributed by atoms with E-state index in [1.165, 1.54) is 12.0 Å². The molecule has 1 aromatic heterocycles. The van der Waals surface area contributed by atoms with E-state index in [-0.39, 0.29) is 0 Å². The molecule has 1 aromatic rings. The van der Waals surface area contributed by atoms with E-state index in [1.807, 2.05) is 12.3 Å². The van der Waals surface area contributed by atoms with Gasteiger partial charge in [0.1, 0.15) is 5.82 Å². The molecule has 0 atom stereocenters. The third kappa shape index (κ3) is 2.33. The fraction of sp³-hybridized carbons (Fsp3) is 0.583. The van der Waals surface area contributed by atoms with Crippen LogP contribution in [-0.2, 0) is 5.33 Å². The third-order valence-corrected chi connectivity index (χ3v) is 3.59. The lowest BCUT2D eigenvalue weighted by Gasteiger charge is -2.22. The molecule has 0 amide bonds. The van der Waals surface area contributed by atoms with E-state index in [4.69, 9.17) is 0 Å². The largest absolute Gasteiger partial charge is 0.356 e. The van der Waals surface area contributed by atoms with Crippen LogP contribution in [0.2, 0.25) is 0 Å². The molecule has 3 heteroatoms. The standard InChI is InChI=1S/C12H17BrN2/c1-12(2)5-7-15(9-12)11-10(8-13)4-3-6-14-11/h3-4,6H,5,7-9H2,1-2H3. The van der Waals surface area contributed by atoms with Gasteiger partial charge in [-0.3, -0.25) is 0 Å². The minimum absolute atomic E-state index is 0.432. The smallest absolute Gasteiger partial charge is 0.132 e. The summed E-state index contributed by atoms with van der Waals surface area (Å²) in [6.45, 7) is 6.89. The average molecular weight is 269 g/mol. The SMILES string of the molecule is CC1(C)CCN(c2ncccc2CBr)C1. The van der Waals surface area contributed by atoms with Crippen molar-refractivity contribution in [3.05, 3.63) is 23.9 Å². The molecule has 1 saturated heterocycles. The molecule has 0 aliphatic carbocycles. The fourth-order valence-electron chi connectivity index (χ4n) is 2.11. The second-order valence-electron chi connectivity index (χ2n) is 4.96. The molecule has 1 aliphatic rings. The van der Waals surface area contributed by atoms with E-state index in [9.17, 15) is 0 Å². The summed E-state index contributed by atoms with van der Waals surface area (Å²) in [5.41, 5.74) is 1.72. The Morgan fingerprint density at radius 1 is 1.53 bits per heavy atom. The van der Waals surface area contributed by atoms with Gasteiger partial charge in [-0.25, -0.2) is 4.98 Å². The van der Waals surface area contributed by atoms with Gasteiger partial charge in [-0.15, -0.1) is 0 Å². The van der Waals surface area contributed by atoms with Crippen LogP contribution >= 0.6 is 15.9 Å². The van der Waals surface area contributed by atoms with E-state index in [0.29, 0.717) is 5.41 Å². The fourth-order valence-corrected chi connectivity index (χ4v) is 2.55. The van der Waals surface area contributed by atoms with Gasteiger partial charge >= 0.3 is 0 Å². The molecule has 0 radical (unpaired) electrons. The van der Waals surface area contributed by atoms with Gasteiger partial charge in [0, 0.05) is 30.2 Å². The van der Waals surface area contributed by atoms with E-state index >= 15 is 0 Å². The number of aromatic nitrogens is 1. The highest BCUT2D eigenvalue weighted by molar-refractivity contribution is 9.08. The summed E-state index contributed by atoms with van der Waals surface area (Å²) in [6.07, 6.45) is 3.14. The summed E-state index contributed by atoms with van der Waals surface area (Å²) < 4.78 is 0. The molecule has 1 aliphatic heterocycles. The van der Waals surface area contributed by atoms with Crippen molar-refractivity contribution in [2.45, 2.75) is 25.6 Å². The maximum absolute atomic E-state index is 4.49. The molecule has 0 aromatic carbocycles. The number of halogens is 1. The quantitative estimate of drug-likeness (QED) is 0.766. The molecule has 82 valence electrons. The maximum atomic E-state index is 4.49. The van der Waals surface area contributed by atoms with E-state index < -0.39 is 0 Å². The van der Waals surface area contributed by atoms with Crippen molar-refractivity contribution in [2.24, 2.45) is 5.41 Å². The second kappa shape index (κ2) is 4.12. The van der Waals surface area contributed by atoms with Crippen molar-refractivity contribution in [1.29, 1.82) is 0 Å². The zero-order chi connectivity index (χ0) is 10.9. The van der Waals surface area contributed by atoms with Gasteiger partial charge in [0.05, 0.1) is 0 Å². The molecule has 0 spiro atoms. The van der Waals surface area contributed by atoms with Crippen LogP contribution in [0.15, 0.2) is 18.3 Å². The molecule has 2 rings (SSSR count). The number of alkyl halides is 1. The zero-order valence-electron chi connectivity index (χ0n) is 9.33. The number of anilines is 1. The van der Waals surface area contributed by atoms with Crippen molar-refractivity contribution >= 4 is 21.7 Å². The van der Waals surface area contributed by atoms with Crippen LogP contribution in [0.5, 0.6) is 0 Å². The molecule has 2 nitrogen and oxygen atoms in total. The maximum Gasteiger partial charge on any atom is 0.132 e. The zero-order valence-corrected chi connectivity index (χ0v) is 10.9. The van der Waals surface area contributed by atoms with Gasteiger partial charge in [-0.05, 0) is 17.9 Å². The van der Waals surface area contributed by atoms with E-state index in [2.05, 4.69) is 45.7 Å². The third-order valence-electron chi connectivity index (χ3n) is 2.99.